The molecule has 0 aliphatic heterocycles. The number of carboxylic acids is 1. The molecule has 1 heterocycles. The zero-order chi connectivity index (χ0) is 16.6. The second kappa shape index (κ2) is 5.99. The van der Waals surface area contributed by atoms with E-state index in [1.54, 1.807) is 31.4 Å². The van der Waals surface area contributed by atoms with Crippen molar-refractivity contribution in [3.8, 4) is 11.4 Å². The summed E-state index contributed by atoms with van der Waals surface area (Å²) in [5, 5.41) is 9.43. The highest BCUT2D eigenvalue weighted by atomic mass is 127. The molecular formula is C16H11IN2O4. The van der Waals surface area contributed by atoms with Gasteiger partial charge in [-0.3, -0.25) is 9.36 Å². The minimum Gasteiger partial charge on any atom is -0.497 e. The van der Waals surface area contributed by atoms with Crippen LogP contribution in [0, 0.1) is 3.57 Å². The number of halogens is 1. The molecule has 0 aliphatic carbocycles. The van der Waals surface area contributed by atoms with Crippen molar-refractivity contribution in [3.63, 3.8) is 0 Å². The van der Waals surface area contributed by atoms with E-state index in [9.17, 15) is 9.59 Å². The smallest absolute Gasteiger partial charge is 0.335 e. The number of methoxy groups -OCH3 is 1. The highest BCUT2D eigenvalue weighted by Crippen LogP contribution is 2.20. The van der Waals surface area contributed by atoms with Crippen molar-refractivity contribution in [2.45, 2.75) is 0 Å². The fourth-order valence-electron chi connectivity index (χ4n) is 2.24. The summed E-state index contributed by atoms with van der Waals surface area (Å²) in [5.74, 6) is -0.401. The summed E-state index contributed by atoms with van der Waals surface area (Å²) in [6.07, 6.45) is 1.44. The molecule has 3 rings (SSSR count). The number of nitrogens with zero attached hydrogens (tertiary/aromatic N) is 2. The van der Waals surface area contributed by atoms with Crippen LogP contribution in [-0.2, 0) is 0 Å². The molecule has 7 heteroatoms. The van der Waals surface area contributed by atoms with Gasteiger partial charge in [-0.15, -0.1) is 0 Å². The van der Waals surface area contributed by atoms with Gasteiger partial charge in [0.15, 0.2) is 0 Å². The first-order valence-electron chi connectivity index (χ1n) is 6.60. The molecule has 0 atom stereocenters. The Morgan fingerprint density at radius 3 is 2.57 bits per heavy atom. The molecule has 23 heavy (non-hydrogen) atoms. The Labute approximate surface area is 144 Å². The van der Waals surface area contributed by atoms with E-state index in [0.717, 1.165) is 0 Å². The molecule has 2 aromatic carbocycles. The molecule has 1 N–H and O–H groups in total. The zero-order valence-electron chi connectivity index (χ0n) is 12.0. The van der Waals surface area contributed by atoms with Crippen molar-refractivity contribution >= 4 is 39.5 Å². The second-order valence-corrected chi connectivity index (χ2v) is 5.94. The number of benzene rings is 2. The lowest BCUT2D eigenvalue weighted by atomic mass is 10.1. The normalized spacial score (nSPS) is 10.7. The number of carbonyl (C=O) groups is 1. The first kappa shape index (κ1) is 15.5. The molecule has 0 saturated carbocycles. The molecule has 0 amide bonds. The van der Waals surface area contributed by atoms with E-state index >= 15 is 0 Å². The third kappa shape index (κ3) is 2.79. The summed E-state index contributed by atoms with van der Waals surface area (Å²) in [4.78, 5) is 28.2. The van der Waals surface area contributed by atoms with Gasteiger partial charge in [0.05, 0.1) is 29.3 Å². The van der Waals surface area contributed by atoms with Crippen LogP contribution in [0.5, 0.6) is 5.75 Å². The summed E-state index contributed by atoms with van der Waals surface area (Å²) >= 11 is 1.98. The van der Waals surface area contributed by atoms with E-state index in [-0.39, 0.29) is 16.5 Å². The average Bonchev–Trinajstić information content (AvgIpc) is 2.55. The van der Waals surface area contributed by atoms with Gasteiger partial charge >= 0.3 is 5.97 Å². The van der Waals surface area contributed by atoms with E-state index in [1.165, 1.54) is 23.0 Å². The highest BCUT2D eigenvalue weighted by molar-refractivity contribution is 14.1. The lowest BCUT2D eigenvalue weighted by molar-refractivity contribution is 0.0697. The Kier molecular flexibility index (Phi) is 4.03. The van der Waals surface area contributed by atoms with Gasteiger partial charge in [0.25, 0.3) is 5.56 Å². The number of fused-ring (bicyclic) bond motifs is 1. The number of hydrogen-bond acceptors (Lipinski definition) is 4. The van der Waals surface area contributed by atoms with Crippen molar-refractivity contribution in [1.82, 2.24) is 9.55 Å². The molecule has 0 aliphatic rings. The number of aromatic nitrogens is 2. The van der Waals surface area contributed by atoms with Crippen LogP contribution < -0.4 is 10.3 Å². The molecule has 0 radical (unpaired) electrons. The molecule has 0 spiro atoms. The van der Waals surface area contributed by atoms with Gasteiger partial charge in [-0.05, 0) is 59.0 Å². The molecule has 0 saturated heterocycles. The Balaban J connectivity index is 2.25. The molecule has 3 aromatic rings. The minimum absolute atomic E-state index is 0.0632. The Bertz CT molecular complexity index is 964. The van der Waals surface area contributed by atoms with Gasteiger partial charge in [0.1, 0.15) is 12.1 Å². The first-order chi connectivity index (χ1) is 11.0. The van der Waals surface area contributed by atoms with Crippen molar-refractivity contribution in [3.05, 3.63) is 62.2 Å². The molecule has 0 unspecified atom stereocenters. The molecule has 0 fully saturated rings. The largest absolute Gasteiger partial charge is 0.497 e. The molecule has 116 valence electrons. The highest BCUT2D eigenvalue weighted by Gasteiger charge is 2.13. The lowest BCUT2D eigenvalue weighted by Crippen LogP contribution is -2.19. The Morgan fingerprint density at radius 1 is 1.26 bits per heavy atom. The third-order valence-electron chi connectivity index (χ3n) is 3.41. The quantitative estimate of drug-likeness (QED) is 0.657. The Morgan fingerprint density at radius 2 is 1.96 bits per heavy atom. The van der Waals surface area contributed by atoms with Gasteiger partial charge < -0.3 is 9.84 Å². The Hall–Kier alpha value is -2.42. The fourth-order valence-corrected chi connectivity index (χ4v) is 3.01. The number of hydrogen-bond donors (Lipinski definition) is 1. The van der Waals surface area contributed by atoms with Gasteiger partial charge in [-0.25, -0.2) is 9.78 Å². The maximum absolute atomic E-state index is 12.7. The van der Waals surface area contributed by atoms with Crippen LogP contribution in [0.2, 0.25) is 0 Å². The maximum atomic E-state index is 12.7. The van der Waals surface area contributed by atoms with Crippen LogP contribution in [0.3, 0.4) is 0 Å². The van der Waals surface area contributed by atoms with E-state index in [1.807, 2.05) is 22.6 Å². The summed E-state index contributed by atoms with van der Waals surface area (Å²) in [5.41, 5.74) is 0.862. The zero-order valence-corrected chi connectivity index (χ0v) is 14.1. The van der Waals surface area contributed by atoms with Crippen molar-refractivity contribution in [2.24, 2.45) is 0 Å². The van der Waals surface area contributed by atoms with Crippen LogP contribution in [0.25, 0.3) is 16.6 Å². The SMILES string of the molecule is COc1ccc(-n2cnc3c(I)cc(C(=O)O)cc3c2=O)cc1. The van der Waals surface area contributed by atoms with Gasteiger partial charge in [0.2, 0.25) is 0 Å². The minimum atomic E-state index is -1.08. The monoisotopic (exact) mass is 422 g/mol. The maximum Gasteiger partial charge on any atom is 0.335 e. The van der Waals surface area contributed by atoms with Crippen molar-refractivity contribution in [2.75, 3.05) is 7.11 Å². The third-order valence-corrected chi connectivity index (χ3v) is 4.23. The van der Waals surface area contributed by atoms with Crippen LogP contribution >= 0.6 is 22.6 Å². The van der Waals surface area contributed by atoms with Crippen LogP contribution in [0.4, 0.5) is 0 Å². The van der Waals surface area contributed by atoms with E-state index in [4.69, 9.17) is 9.84 Å². The second-order valence-electron chi connectivity index (χ2n) is 4.78. The van der Waals surface area contributed by atoms with Gasteiger partial charge in [-0.1, -0.05) is 0 Å². The number of carboxylic acid groups (broad SMARTS) is 1. The predicted octanol–water partition coefficient (Wildman–Crippen LogP) is 2.70. The van der Waals surface area contributed by atoms with E-state index in [2.05, 4.69) is 4.98 Å². The predicted molar refractivity (Wildman–Crippen MR) is 93.6 cm³/mol. The van der Waals surface area contributed by atoms with Crippen LogP contribution in [0.15, 0.2) is 47.5 Å². The average molecular weight is 422 g/mol. The molecule has 1 aromatic heterocycles. The van der Waals surface area contributed by atoms with Crippen molar-refractivity contribution < 1.29 is 14.6 Å². The van der Waals surface area contributed by atoms with E-state index < -0.39 is 5.97 Å². The first-order valence-corrected chi connectivity index (χ1v) is 7.68. The topological polar surface area (TPSA) is 81.4 Å². The van der Waals surface area contributed by atoms with Gasteiger partial charge in [0, 0.05) is 3.57 Å². The molecule has 0 bridgehead atoms. The van der Waals surface area contributed by atoms with Gasteiger partial charge in [-0.2, -0.15) is 0 Å². The van der Waals surface area contributed by atoms with Crippen LogP contribution in [0.1, 0.15) is 10.4 Å². The molecular weight excluding hydrogens is 411 g/mol. The van der Waals surface area contributed by atoms with Crippen molar-refractivity contribution in [1.29, 1.82) is 0 Å². The number of rotatable bonds is 3. The summed E-state index contributed by atoms with van der Waals surface area (Å²) < 4.78 is 7.09. The summed E-state index contributed by atoms with van der Waals surface area (Å²) in [6, 6.07) is 9.80. The van der Waals surface area contributed by atoms with Crippen LogP contribution in [-0.4, -0.2) is 27.7 Å². The fraction of sp³-hybridized carbons (Fsp3) is 0.0625. The summed E-state index contributed by atoms with van der Waals surface area (Å²) in [6.45, 7) is 0. The standard InChI is InChI=1S/C16H11IN2O4/c1-23-11-4-2-10(3-5-11)19-8-18-14-12(15(19)20)6-9(16(21)22)7-13(14)17/h2-8H,1H3,(H,21,22). The molecule has 6 nitrogen and oxygen atoms in total. The summed E-state index contributed by atoms with van der Waals surface area (Å²) in [7, 11) is 1.56. The van der Waals surface area contributed by atoms with E-state index in [0.29, 0.717) is 20.5 Å². The number of ether oxygens (including phenoxy) is 1. The number of aromatic carboxylic acids is 1. The lowest BCUT2D eigenvalue weighted by Gasteiger charge is -2.09.